The summed E-state index contributed by atoms with van der Waals surface area (Å²) in [5, 5.41) is 8.93. The van der Waals surface area contributed by atoms with Gasteiger partial charge in [-0.15, -0.1) is 10.2 Å². The fourth-order valence-corrected chi connectivity index (χ4v) is 3.01. The highest BCUT2D eigenvalue weighted by Crippen LogP contribution is 2.16. The molecule has 4 rings (SSSR count). The SMILES string of the molecule is O=c1c2ccccc2nc(/C=C/c2ccccc2)n1-c1nncs1. The summed E-state index contributed by atoms with van der Waals surface area (Å²) in [6, 6.07) is 17.2. The van der Waals surface area contributed by atoms with E-state index >= 15 is 0 Å². The summed E-state index contributed by atoms with van der Waals surface area (Å²) in [6.07, 6.45) is 3.75. The average molecular weight is 332 g/mol. The van der Waals surface area contributed by atoms with Crippen molar-refractivity contribution in [3.63, 3.8) is 0 Å². The van der Waals surface area contributed by atoms with Crippen molar-refractivity contribution in [3.05, 3.63) is 81.8 Å². The van der Waals surface area contributed by atoms with Gasteiger partial charge in [0.15, 0.2) is 0 Å². The highest BCUT2D eigenvalue weighted by molar-refractivity contribution is 7.11. The lowest BCUT2D eigenvalue weighted by Crippen LogP contribution is -2.22. The van der Waals surface area contributed by atoms with Crippen molar-refractivity contribution >= 4 is 34.4 Å². The lowest BCUT2D eigenvalue weighted by Gasteiger charge is -2.07. The molecule has 0 aliphatic heterocycles. The molecule has 0 saturated heterocycles. The number of rotatable bonds is 3. The van der Waals surface area contributed by atoms with Gasteiger partial charge in [-0.05, 0) is 23.8 Å². The quantitative estimate of drug-likeness (QED) is 0.577. The van der Waals surface area contributed by atoms with Crippen molar-refractivity contribution in [2.45, 2.75) is 0 Å². The van der Waals surface area contributed by atoms with Crippen LogP contribution in [-0.4, -0.2) is 19.7 Å². The van der Waals surface area contributed by atoms with Crippen molar-refractivity contribution in [2.24, 2.45) is 0 Å². The van der Waals surface area contributed by atoms with E-state index < -0.39 is 0 Å². The Bertz CT molecular complexity index is 1070. The Morgan fingerprint density at radius 2 is 1.75 bits per heavy atom. The third-order valence-electron chi connectivity index (χ3n) is 3.57. The summed E-state index contributed by atoms with van der Waals surface area (Å²) in [6.45, 7) is 0. The van der Waals surface area contributed by atoms with Crippen LogP contribution in [0.15, 0.2) is 64.9 Å². The molecule has 0 spiro atoms. The van der Waals surface area contributed by atoms with Crippen LogP contribution in [0.1, 0.15) is 11.4 Å². The largest absolute Gasteiger partial charge is 0.268 e. The van der Waals surface area contributed by atoms with E-state index in [9.17, 15) is 4.79 Å². The van der Waals surface area contributed by atoms with Crippen LogP contribution in [0.3, 0.4) is 0 Å². The predicted molar refractivity (Wildman–Crippen MR) is 96.2 cm³/mol. The van der Waals surface area contributed by atoms with Gasteiger partial charge in [-0.2, -0.15) is 0 Å². The summed E-state index contributed by atoms with van der Waals surface area (Å²) in [7, 11) is 0. The molecule has 4 aromatic rings. The predicted octanol–water partition coefficient (Wildman–Crippen LogP) is 3.41. The smallest absolute Gasteiger partial charge is 0.268 e. The Morgan fingerprint density at radius 1 is 0.958 bits per heavy atom. The van der Waals surface area contributed by atoms with Crippen LogP contribution in [0.25, 0.3) is 28.2 Å². The molecule has 0 unspecified atom stereocenters. The topological polar surface area (TPSA) is 60.7 Å². The van der Waals surface area contributed by atoms with Crippen LogP contribution >= 0.6 is 11.3 Å². The van der Waals surface area contributed by atoms with Gasteiger partial charge in [0.05, 0.1) is 10.9 Å². The van der Waals surface area contributed by atoms with Crippen molar-refractivity contribution < 1.29 is 0 Å². The van der Waals surface area contributed by atoms with E-state index in [1.54, 1.807) is 11.6 Å². The minimum Gasteiger partial charge on any atom is -0.268 e. The minimum absolute atomic E-state index is 0.148. The van der Waals surface area contributed by atoms with Gasteiger partial charge in [0, 0.05) is 0 Å². The maximum absolute atomic E-state index is 12.9. The maximum atomic E-state index is 12.9. The van der Waals surface area contributed by atoms with E-state index in [2.05, 4.69) is 15.2 Å². The average Bonchev–Trinajstić information content (AvgIpc) is 3.15. The molecule has 0 atom stereocenters. The van der Waals surface area contributed by atoms with Crippen LogP contribution in [0.5, 0.6) is 0 Å². The Hall–Kier alpha value is -3.12. The Kier molecular flexibility index (Phi) is 3.72. The highest BCUT2D eigenvalue weighted by Gasteiger charge is 2.12. The van der Waals surface area contributed by atoms with Gasteiger partial charge in [-0.3, -0.25) is 4.79 Å². The molecule has 24 heavy (non-hydrogen) atoms. The summed E-state index contributed by atoms with van der Waals surface area (Å²) in [5.74, 6) is 0.527. The third-order valence-corrected chi connectivity index (χ3v) is 4.24. The number of nitrogens with zero attached hydrogens (tertiary/aromatic N) is 4. The molecular formula is C18H12N4OS. The summed E-state index contributed by atoms with van der Waals surface area (Å²) < 4.78 is 1.50. The lowest BCUT2D eigenvalue weighted by atomic mass is 10.2. The maximum Gasteiger partial charge on any atom is 0.268 e. The first-order valence-corrected chi connectivity index (χ1v) is 8.22. The van der Waals surface area contributed by atoms with Crippen molar-refractivity contribution in [2.75, 3.05) is 0 Å². The second-order valence-corrected chi connectivity index (χ2v) is 5.90. The number of para-hydroxylation sites is 1. The van der Waals surface area contributed by atoms with Gasteiger partial charge in [0.2, 0.25) is 5.13 Å². The normalized spacial score (nSPS) is 11.3. The van der Waals surface area contributed by atoms with Crippen molar-refractivity contribution in [1.82, 2.24) is 19.7 Å². The fraction of sp³-hybridized carbons (Fsp3) is 0. The molecule has 0 aliphatic rings. The zero-order chi connectivity index (χ0) is 16.4. The molecule has 0 amide bonds. The first-order valence-electron chi connectivity index (χ1n) is 7.34. The molecule has 0 radical (unpaired) electrons. The van der Waals surface area contributed by atoms with Gasteiger partial charge in [0.1, 0.15) is 11.3 Å². The highest BCUT2D eigenvalue weighted by atomic mass is 32.1. The standard InChI is InChI=1S/C18H12N4OS/c23-17-14-8-4-5-9-15(14)20-16(22(17)18-21-19-12-24-18)11-10-13-6-2-1-3-7-13/h1-12H/b11-10+. The molecule has 116 valence electrons. The summed E-state index contributed by atoms with van der Waals surface area (Å²) in [5.41, 5.74) is 3.14. The molecule has 2 heterocycles. The van der Waals surface area contributed by atoms with Crippen molar-refractivity contribution in [3.8, 4) is 5.13 Å². The Morgan fingerprint density at radius 3 is 2.54 bits per heavy atom. The molecule has 0 saturated carbocycles. The molecule has 0 N–H and O–H groups in total. The Balaban J connectivity index is 1.95. The molecule has 5 nitrogen and oxygen atoms in total. The molecule has 0 fully saturated rings. The minimum atomic E-state index is -0.148. The van der Waals surface area contributed by atoms with E-state index in [1.807, 2.05) is 60.7 Å². The summed E-state index contributed by atoms with van der Waals surface area (Å²) in [4.78, 5) is 17.5. The molecule has 2 aromatic heterocycles. The van der Waals surface area contributed by atoms with Crippen molar-refractivity contribution in [1.29, 1.82) is 0 Å². The third kappa shape index (κ3) is 2.63. The van der Waals surface area contributed by atoms with Gasteiger partial charge in [0.25, 0.3) is 5.56 Å². The lowest BCUT2D eigenvalue weighted by molar-refractivity contribution is 0.898. The van der Waals surface area contributed by atoms with E-state index in [1.165, 1.54) is 15.9 Å². The van der Waals surface area contributed by atoms with Gasteiger partial charge in [-0.25, -0.2) is 9.55 Å². The van der Waals surface area contributed by atoms with Gasteiger partial charge >= 0.3 is 0 Å². The van der Waals surface area contributed by atoms with Crippen LogP contribution in [0.2, 0.25) is 0 Å². The first-order chi connectivity index (χ1) is 11.8. The summed E-state index contributed by atoms with van der Waals surface area (Å²) >= 11 is 1.30. The number of aromatic nitrogens is 4. The molecular weight excluding hydrogens is 320 g/mol. The Labute approximate surface area is 141 Å². The number of benzene rings is 2. The molecule has 0 aliphatic carbocycles. The van der Waals surface area contributed by atoms with Crippen LogP contribution < -0.4 is 5.56 Å². The first kappa shape index (κ1) is 14.5. The van der Waals surface area contributed by atoms with E-state index in [0.717, 1.165) is 5.56 Å². The molecule has 6 heteroatoms. The number of hydrogen-bond donors (Lipinski definition) is 0. The van der Waals surface area contributed by atoms with Gasteiger partial charge in [-0.1, -0.05) is 59.9 Å². The van der Waals surface area contributed by atoms with E-state index in [-0.39, 0.29) is 5.56 Å². The number of hydrogen-bond acceptors (Lipinski definition) is 5. The van der Waals surface area contributed by atoms with E-state index in [4.69, 9.17) is 0 Å². The number of fused-ring (bicyclic) bond motifs is 1. The fourth-order valence-electron chi connectivity index (χ4n) is 2.45. The van der Waals surface area contributed by atoms with Crippen LogP contribution in [0.4, 0.5) is 0 Å². The van der Waals surface area contributed by atoms with Crippen LogP contribution in [-0.2, 0) is 0 Å². The zero-order valence-corrected chi connectivity index (χ0v) is 13.4. The second-order valence-electron chi connectivity index (χ2n) is 5.09. The second kappa shape index (κ2) is 6.17. The zero-order valence-electron chi connectivity index (χ0n) is 12.5. The van der Waals surface area contributed by atoms with Gasteiger partial charge < -0.3 is 0 Å². The van der Waals surface area contributed by atoms with Crippen LogP contribution in [0, 0.1) is 0 Å². The monoisotopic (exact) mass is 332 g/mol. The molecule has 2 aromatic carbocycles. The molecule has 0 bridgehead atoms. The van der Waals surface area contributed by atoms with E-state index in [0.29, 0.717) is 21.9 Å².